The van der Waals surface area contributed by atoms with Crippen molar-refractivity contribution in [2.24, 2.45) is 0 Å². The van der Waals surface area contributed by atoms with Crippen LogP contribution in [0, 0.1) is 0 Å². The van der Waals surface area contributed by atoms with Crippen molar-refractivity contribution in [3.8, 4) is 0 Å². The van der Waals surface area contributed by atoms with E-state index in [1.54, 1.807) is 0 Å². The predicted molar refractivity (Wildman–Crippen MR) is 147 cm³/mol. The average molecular weight is 463 g/mol. The summed E-state index contributed by atoms with van der Waals surface area (Å²) in [6.45, 7) is 4.61. The molecule has 0 fully saturated rings. The van der Waals surface area contributed by atoms with Gasteiger partial charge in [-0.1, -0.05) is 187 Å². The monoisotopic (exact) mass is 463 g/mol. The second kappa shape index (κ2) is 38.2. The average Bonchev–Trinajstić information content (AvgIpc) is 2.74. The quantitative estimate of drug-likeness (QED) is 0.115. The molecule has 0 saturated carbocycles. The highest BCUT2D eigenvalue weighted by Gasteiger charge is 1.96. The Kier molecular flexibility index (Phi) is 46.6. The van der Waals surface area contributed by atoms with Gasteiger partial charge in [0.1, 0.15) is 0 Å². The summed E-state index contributed by atoms with van der Waals surface area (Å²) in [5.41, 5.74) is 0. The number of hydrogen-bond acceptors (Lipinski definition) is 0. The van der Waals surface area contributed by atoms with E-state index in [2.05, 4.69) is 13.8 Å². The molecule has 0 saturated heterocycles. The summed E-state index contributed by atoms with van der Waals surface area (Å²) in [7, 11) is 0. The molecule has 0 aromatic carbocycles. The second-order valence-electron chi connectivity index (χ2n) is 9.84. The third-order valence-corrected chi connectivity index (χ3v) is 6.71. The van der Waals surface area contributed by atoms with Crippen molar-refractivity contribution >= 4 is 0 Å². The number of unbranched alkanes of at least 4 members (excludes halogenated alkanes) is 26. The first-order valence-corrected chi connectivity index (χ1v) is 14.4. The number of hydrogen-bond donors (Lipinski definition) is 0. The SMILES string of the molecule is CCCCCCCCCCCCCCCCCCCCCCCCCCCCC.O.O.O. The van der Waals surface area contributed by atoms with Crippen molar-refractivity contribution < 1.29 is 16.4 Å². The Labute approximate surface area is 203 Å². The summed E-state index contributed by atoms with van der Waals surface area (Å²) >= 11 is 0. The van der Waals surface area contributed by atoms with Crippen molar-refractivity contribution in [1.29, 1.82) is 0 Å². The highest BCUT2D eigenvalue weighted by molar-refractivity contribution is 4.51. The van der Waals surface area contributed by atoms with E-state index in [9.17, 15) is 0 Å². The Balaban J connectivity index is -0.00000131. The summed E-state index contributed by atoms with van der Waals surface area (Å²) in [5, 5.41) is 0. The fraction of sp³-hybridized carbons (Fsp3) is 1.00. The first kappa shape index (κ1) is 39.1. The Hall–Kier alpha value is -0.120. The van der Waals surface area contributed by atoms with Gasteiger partial charge in [-0.2, -0.15) is 0 Å². The summed E-state index contributed by atoms with van der Waals surface area (Å²) < 4.78 is 0. The minimum atomic E-state index is 0. The van der Waals surface area contributed by atoms with Crippen LogP contribution in [-0.4, -0.2) is 16.4 Å². The van der Waals surface area contributed by atoms with Crippen LogP contribution in [0.2, 0.25) is 0 Å². The predicted octanol–water partition coefficient (Wildman–Crippen LogP) is 9.08. The second-order valence-corrected chi connectivity index (χ2v) is 9.84. The third kappa shape index (κ3) is 37.2. The van der Waals surface area contributed by atoms with Gasteiger partial charge >= 0.3 is 0 Å². The van der Waals surface area contributed by atoms with Crippen molar-refractivity contribution in [1.82, 2.24) is 0 Å². The summed E-state index contributed by atoms with van der Waals surface area (Å²) in [6.07, 6.45) is 39.9. The molecule has 0 radical (unpaired) electrons. The minimum absolute atomic E-state index is 0. The maximum atomic E-state index is 2.30. The van der Waals surface area contributed by atoms with E-state index < -0.39 is 0 Å². The van der Waals surface area contributed by atoms with E-state index in [0.717, 1.165) is 0 Å². The van der Waals surface area contributed by atoms with Crippen molar-refractivity contribution in [2.75, 3.05) is 0 Å². The van der Waals surface area contributed by atoms with Crippen molar-refractivity contribution in [2.45, 2.75) is 187 Å². The molecule has 0 atom stereocenters. The van der Waals surface area contributed by atoms with Crippen LogP contribution >= 0.6 is 0 Å². The Morgan fingerprint density at radius 3 is 0.375 bits per heavy atom. The van der Waals surface area contributed by atoms with Gasteiger partial charge < -0.3 is 16.4 Å². The minimum Gasteiger partial charge on any atom is -0.412 e. The largest absolute Gasteiger partial charge is 0.412 e. The first-order chi connectivity index (χ1) is 14.4. The van der Waals surface area contributed by atoms with Gasteiger partial charge in [-0.05, 0) is 0 Å². The molecular weight excluding hydrogens is 396 g/mol. The molecule has 0 spiro atoms. The highest BCUT2D eigenvalue weighted by Crippen LogP contribution is 2.16. The smallest absolute Gasteiger partial charge is 0.0533 e. The van der Waals surface area contributed by atoms with E-state index in [-0.39, 0.29) is 16.4 Å². The molecule has 32 heavy (non-hydrogen) atoms. The molecule has 0 rings (SSSR count). The summed E-state index contributed by atoms with van der Waals surface area (Å²) in [4.78, 5) is 0. The topological polar surface area (TPSA) is 94.5 Å². The van der Waals surface area contributed by atoms with E-state index >= 15 is 0 Å². The summed E-state index contributed by atoms with van der Waals surface area (Å²) in [5.74, 6) is 0. The van der Waals surface area contributed by atoms with Gasteiger partial charge in [0.15, 0.2) is 0 Å². The zero-order valence-corrected chi connectivity index (χ0v) is 22.6. The van der Waals surface area contributed by atoms with Crippen LogP contribution in [0.1, 0.15) is 187 Å². The Bertz CT molecular complexity index is 245. The molecule has 0 aromatic rings. The maximum Gasteiger partial charge on any atom is -0.0533 e. The lowest BCUT2D eigenvalue weighted by molar-refractivity contribution is 0.515. The third-order valence-electron chi connectivity index (χ3n) is 6.71. The zero-order valence-electron chi connectivity index (χ0n) is 22.6. The van der Waals surface area contributed by atoms with E-state index in [1.165, 1.54) is 173 Å². The van der Waals surface area contributed by atoms with Crippen LogP contribution in [-0.2, 0) is 0 Å². The first-order valence-electron chi connectivity index (χ1n) is 14.4. The van der Waals surface area contributed by atoms with Crippen LogP contribution in [0.15, 0.2) is 0 Å². The molecule has 0 heterocycles. The van der Waals surface area contributed by atoms with E-state index in [1.807, 2.05) is 0 Å². The molecule has 0 amide bonds. The van der Waals surface area contributed by atoms with Crippen LogP contribution in [0.25, 0.3) is 0 Å². The molecule has 6 N–H and O–H groups in total. The molecule has 0 unspecified atom stereocenters. The molecule has 3 heteroatoms. The fourth-order valence-corrected chi connectivity index (χ4v) is 4.57. The van der Waals surface area contributed by atoms with Crippen LogP contribution in [0.3, 0.4) is 0 Å². The van der Waals surface area contributed by atoms with Gasteiger partial charge in [-0.25, -0.2) is 0 Å². The lowest BCUT2D eigenvalue weighted by atomic mass is 10.0. The summed E-state index contributed by atoms with van der Waals surface area (Å²) in [6, 6.07) is 0. The molecular formula is C29H66O3. The van der Waals surface area contributed by atoms with Gasteiger partial charge in [0.2, 0.25) is 0 Å². The number of rotatable bonds is 26. The molecule has 0 aliphatic carbocycles. The maximum absolute atomic E-state index is 2.30. The van der Waals surface area contributed by atoms with Crippen LogP contribution < -0.4 is 0 Å². The van der Waals surface area contributed by atoms with E-state index in [4.69, 9.17) is 0 Å². The van der Waals surface area contributed by atoms with Gasteiger partial charge in [-0.15, -0.1) is 0 Å². The Morgan fingerprint density at radius 1 is 0.188 bits per heavy atom. The lowest BCUT2D eigenvalue weighted by Crippen LogP contribution is -1.84. The molecule has 0 bridgehead atoms. The fourth-order valence-electron chi connectivity index (χ4n) is 4.57. The van der Waals surface area contributed by atoms with Crippen molar-refractivity contribution in [3.05, 3.63) is 0 Å². The normalized spacial score (nSPS) is 10.3. The molecule has 0 aliphatic rings. The van der Waals surface area contributed by atoms with E-state index in [0.29, 0.717) is 0 Å². The van der Waals surface area contributed by atoms with Gasteiger partial charge in [0.05, 0.1) is 0 Å². The molecule has 3 nitrogen and oxygen atoms in total. The lowest BCUT2D eigenvalue weighted by Gasteiger charge is -2.04. The molecule has 0 aromatic heterocycles. The van der Waals surface area contributed by atoms with Gasteiger partial charge in [-0.3, -0.25) is 0 Å². The van der Waals surface area contributed by atoms with Gasteiger partial charge in [0.25, 0.3) is 0 Å². The van der Waals surface area contributed by atoms with Crippen molar-refractivity contribution in [3.63, 3.8) is 0 Å². The van der Waals surface area contributed by atoms with Crippen LogP contribution in [0.4, 0.5) is 0 Å². The zero-order chi connectivity index (χ0) is 21.1. The standard InChI is InChI=1S/C29H60.3H2O/c1-3-5-7-9-11-13-15-17-19-21-23-25-27-29-28-26-24-22-20-18-16-14-12-10-8-6-4-2;;;/h3-29H2,1-2H3;3*1H2. The molecule has 0 aliphatic heterocycles. The molecule has 200 valence electrons. The van der Waals surface area contributed by atoms with Gasteiger partial charge in [0, 0.05) is 0 Å². The van der Waals surface area contributed by atoms with Crippen LogP contribution in [0.5, 0.6) is 0 Å². The Morgan fingerprint density at radius 2 is 0.281 bits per heavy atom. The highest BCUT2D eigenvalue weighted by atomic mass is 16.0.